The van der Waals surface area contributed by atoms with Crippen LogP contribution >= 0.6 is 0 Å². The van der Waals surface area contributed by atoms with Gasteiger partial charge < -0.3 is 15.0 Å². The van der Waals surface area contributed by atoms with Gasteiger partial charge in [-0.15, -0.1) is 0 Å². The molecule has 0 aromatic rings. The Hall–Kier alpha value is -0.570. The lowest BCUT2D eigenvalue weighted by atomic mass is 10.0. The van der Waals surface area contributed by atoms with E-state index in [0.29, 0.717) is 11.8 Å². The van der Waals surface area contributed by atoms with Crippen LogP contribution in [0.4, 0.5) is 0 Å². The minimum absolute atomic E-state index is 0.185. The van der Waals surface area contributed by atoms with E-state index < -0.39 is 5.97 Å². The van der Waals surface area contributed by atoms with Crippen LogP contribution in [0.3, 0.4) is 0 Å². The number of aliphatic hydroxyl groups excluding tert-OH is 1. The van der Waals surface area contributed by atoms with Gasteiger partial charge in [-0.05, 0) is 43.4 Å². The fourth-order valence-electron chi connectivity index (χ4n) is 3.00. The lowest BCUT2D eigenvalue weighted by Crippen LogP contribution is -2.23. The smallest absolute Gasteiger partial charge is 0.0512 e. The number of carboxylic acids is 1. The highest BCUT2D eigenvalue weighted by atomic mass is 16.4. The maximum atomic E-state index is 10.6. The first-order chi connectivity index (χ1) is 7.85. The molecule has 100 valence electrons. The van der Waals surface area contributed by atoms with E-state index in [1.54, 1.807) is 0 Å². The van der Waals surface area contributed by atoms with E-state index in [-0.39, 0.29) is 17.9 Å². The molecule has 3 heteroatoms. The number of hydrogen-bond donors (Lipinski definition) is 1. The van der Waals surface area contributed by atoms with E-state index in [2.05, 4.69) is 13.8 Å². The average molecular weight is 241 g/mol. The zero-order valence-electron chi connectivity index (χ0n) is 11.2. The van der Waals surface area contributed by atoms with Gasteiger partial charge in [0.2, 0.25) is 0 Å². The largest absolute Gasteiger partial charge is 0.550 e. The topological polar surface area (TPSA) is 60.4 Å². The number of unbranched alkanes of at least 4 members (excludes halogenated alkanes) is 2. The van der Waals surface area contributed by atoms with Gasteiger partial charge in [0.1, 0.15) is 0 Å². The van der Waals surface area contributed by atoms with E-state index >= 15 is 0 Å². The average Bonchev–Trinajstić information content (AvgIpc) is 2.67. The molecule has 1 fully saturated rings. The molecular formula is C14H25O3-. The zero-order chi connectivity index (χ0) is 13.1. The third-order valence-corrected chi connectivity index (χ3v) is 4.31. The summed E-state index contributed by atoms with van der Waals surface area (Å²) in [5.74, 6) is -0.0594. The third kappa shape index (κ3) is 4.30. The number of carboxylic acid groups (broad SMARTS) is 1. The molecule has 0 saturated heterocycles. The summed E-state index contributed by atoms with van der Waals surface area (Å²) in [5, 5.41) is 19.7. The van der Waals surface area contributed by atoms with Crippen LogP contribution in [0.25, 0.3) is 0 Å². The molecule has 0 aliphatic heterocycles. The molecule has 0 bridgehead atoms. The minimum Gasteiger partial charge on any atom is -0.550 e. The van der Waals surface area contributed by atoms with Crippen molar-refractivity contribution in [3.8, 4) is 0 Å². The summed E-state index contributed by atoms with van der Waals surface area (Å²) < 4.78 is 0. The Kier molecular flexibility index (Phi) is 4.99. The van der Waals surface area contributed by atoms with Crippen molar-refractivity contribution in [1.82, 2.24) is 0 Å². The molecule has 0 amide bonds. The molecule has 1 aliphatic carbocycles. The molecule has 0 radical (unpaired) electrons. The molecule has 3 unspecified atom stereocenters. The van der Waals surface area contributed by atoms with E-state index in [4.69, 9.17) is 5.11 Å². The lowest BCUT2D eigenvalue weighted by Gasteiger charge is -2.04. The third-order valence-electron chi connectivity index (χ3n) is 4.31. The Morgan fingerprint density at radius 2 is 1.94 bits per heavy atom. The van der Waals surface area contributed by atoms with Crippen molar-refractivity contribution in [1.29, 1.82) is 0 Å². The number of rotatable bonds is 8. The Morgan fingerprint density at radius 3 is 2.47 bits per heavy atom. The summed E-state index contributed by atoms with van der Waals surface area (Å²) in [7, 11) is 0. The van der Waals surface area contributed by atoms with Crippen LogP contribution in [0.1, 0.15) is 59.3 Å². The van der Waals surface area contributed by atoms with Crippen LogP contribution in [0.2, 0.25) is 0 Å². The monoisotopic (exact) mass is 241 g/mol. The van der Waals surface area contributed by atoms with Gasteiger partial charge in [0.05, 0.1) is 6.10 Å². The molecule has 0 heterocycles. The molecule has 0 aromatic carbocycles. The Morgan fingerprint density at radius 1 is 1.29 bits per heavy atom. The molecule has 0 aromatic heterocycles. The second kappa shape index (κ2) is 5.85. The van der Waals surface area contributed by atoms with E-state index in [9.17, 15) is 9.90 Å². The summed E-state index contributed by atoms with van der Waals surface area (Å²) in [6.07, 6.45) is 5.35. The van der Waals surface area contributed by atoms with Crippen molar-refractivity contribution < 1.29 is 15.0 Å². The van der Waals surface area contributed by atoms with Crippen LogP contribution in [0, 0.1) is 17.3 Å². The molecule has 0 spiro atoms. The van der Waals surface area contributed by atoms with E-state index in [1.165, 1.54) is 0 Å². The summed E-state index contributed by atoms with van der Waals surface area (Å²) in [4.78, 5) is 10.6. The molecule has 1 rings (SSSR count). The fourth-order valence-corrected chi connectivity index (χ4v) is 3.00. The van der Waals surface area contributed by atoms with Crippen molar-refractivity contribution in [2.75, 3.05) is 0 Å². The summed E-state index contributed by atoms with van der Waals surface area (Å²) in [6.45, 7) is 6.13. The van der Waals surface area contributed by atoms with Crippen LogP contribution in [-0.4, -0.2) is 17.2 Å². The minimum atomic E-state index is -0.917. The summed E-state index contributed by atoms with van der Waals surface area (Å²) in [6, 6.07) is 0. The van der Waals surface area contributed by atoms with Crippen LogP contribution in [0.5, 0.6) is 0 Å². The zero-order valence-corrected chi connectivity index (χ0v) is 11.2. The molecular weight excluding hydrogens is 216 g/mol. The van der Waals surface area contributed by atoms with Crippen LogP contribution in [-0.2, 0) is 4.79 Å². The first kappa shape index (κ1) is 14.5. The van der Waals surface area contributed by atoms with E-state index in [1.807, 2.05) is 6.92 Å². The standard InChI is InChI=1S/C14H26O3/c1-10(15)7-5-4-6-8-11-12(9-13(16)17)14(11,2)3/h10-12,15H,4-9H2,1-3H3,(H,16,17)/p-1. The van der Waals surface area contributed by atoms with Gasteiger partial charge in [-0.25, -0.2) is 0 Å². The second-order valence-corrected chi connectivity index (χ2v) is 6.10. The maximum Gasteiger partial charge on any atom is 0.0512 e. The highest BCUT2D eigenvalue weighted by molar-refractivity contribution is 5.65. The lowest BCUT2D eigenvalue weighted by molar-refractivity contribution is -0.306. The predicted molar refractivity (Wildman–Crippen MR) is 65.2 cm³/mol. The normalized spacial score (nSPS) is 27.8. The number of hydrogen-bond acceptors (Lipinski definition) is 3. The Balaban J connectivity index is 2.14. The molecule has 1 saturated carbocycles. The van der Waals surface area contributed by atoms with Gasteiger partial charge in [-0.1, -0.05) is 33.1 Å². The predicted octanol–water partition coefficient (Wildman–Crippen LogP) is 1.73. The quantitative estimate of drug-likeness (QED) is 0.658. The SMILES string of the molecule is CC(O)CCCCCC1C(CC(=O)[O-])C1(C)C. The maximum absolute atomic E-state index is 10.6. The number of aliphatic carboxylic acids is 1. The van der Waals surface area contributed by atoms with Gasteiger partial charge in [-0.3, -0.25) is 0 Å². The van der Waals surface area contributed by atoms with Gasteiger partial charge in [0, 0.05) is 5.97 Å². The van der Waals surface area contributed by atoms with Gasteiger partial charge >= 0.3 is 0 Å². The molecule has 3 nitrogen and oxygen atoms in total. The van der Waals surface area contributed by atoms with Crippen molar-refractivity contribution in [2.45, 2.75) is 65.4 Å². The van der Waals surface area contributed by atoms with Crippen molar-refractivity contribution in [3.05, 3.63) is 0 Å². The highest BCUT2D eigenvalue weighted by Gasteiger charge is 2.55. The van der Waals surface area contributed by atoms with Gasteiger partial charge in [0.15, 0.2) is 0 Å². The molecule has 17 heavy (non-hydrogen) atoms. The summed E-state index contributed by atoms with van der Waals surface area (Å²) >= 11 is 0. The first-order valence-corrected chi connectivity index (χ1v) is 6.73. The van der Waals surface area contributed by atoms with Gasteiger partial charge in [-0.2, -0.15) is 0 Å². The summed E-state index contributed by atoms with van der Waals surface area (Å²) in [5.41, 5.74) is 0.185. The van der Waals surface area contributed by atoms with Crippen LogP contribution in [0.15, 0.2) is 0 Å². The van der Waals surface area contributed by atoms with Crippen molar-refractivity contribution >= 4 is 5.97 Å². The second-order valence-electron chi connectivity index (χ2n) is 6.10. The van der Waals surface area contributed by atoms with Crippen LogP contribution < -0.4 is 5.11 Å². The Labute approximate surface area is 104 Å². The van der Waals surface area contributed by atoms with E-state index in [0.717, 1.165) is 32.1 Å². The van der Waals surface area contributed by atoms with Crippen molar-refractivity contribution in [3.63, 3.8) is 0 Å². The molecule has 3 atom stereocenters. The molecule has 1 N–H and O–H groups in total. The number of carbonyl (C=O) groups is 1. The molecule has 1 aliphatic rings. The van der Waals surface area contributed by atoms with Gasteiger partial charge in [0.25, 0.3) is 0 Å². The highest BCUT2D eigenvalue weighted by Crippen LogP contribution is 2.61. The number of carbonyl (C=O) groups excluding carboxylic acids is 1. The van der Waals surface area contributed by atoms with Crippen molar-refractivity contribution in [2.24, 2.45) is 17.3 Å². The number of aliphatic hydroxyl groups is 1. The Bertz CT molecular complexity index is 258. The first-order valence-electron chi connectivity index (χ1n) is 6.73. The fraction of sp³-hybridized carbons (Fsp3) is 0.929.